The Morgan fingerprint density at radius 1 is 1.15 bits per heavy atom. The number of aromatic nitrogens is 2. The van der Waals surface area contributed by atoms with E-state index in [2.05, 4.69) is 20.2 Å². The summed E-state index contributed by atoms with van der Waals surface area (Å²) in [5, 5.41) is 18.5. The number of benzene rings is 2. The smallest absolute Gasteiger partial charge is 0.405 e. The third-order valence-electron chi connectivity index (χ3n) is 5.53. The second-order valence-corrected chi connectivity index (χ2v) is 7.84. The number of nitrogens with zero attached hydrogens (tertiary/aromatic N) is 3. The molecule has 2 aromatic carbocycles. The van der Waals surface area contributed by atoms with Crippen molar-refractivity contribution in [1.82, 2.24) is 10.1 Å². The van der Waals surface area contributed by atoms with Crippen LogP contribution in [0.4, 0.5) is 24.5 Å². The van der Waals surface area contributed by atoms with Crippen molar-refractivity contribution in [3.63, 3.8) is 0 Å². The first-order valence-electron chi connectivity index (χ1n) is 10.5. The van der Waals surface area contributed by atoms with Crippen LogP contribution in [0.1, 0.15) is 32.1 Å². The molecule has 1 aliphatic rings. The van der Waals surface area contributed by atoms with Crippen molar-refractivity contribution in [1.29, 1.82) is 0 Å². The van der Waals surface area contributed by atoms with Gasteiger partial charge in [-0.15, -0.1) is 13.2 Å². The van der Waals surface area contributed by atoms with E-state index >= 15 is 0 Å². The summed E-state index contributed by atoms with van der Waals surface area (Å²) in [6.45, 7) is 0.654. The van der Waals surface area contributed by atoms with E-state index in [1.165, 1.54) is 43.5 Å². The molecule has 11 heteroatoms. The molecule has 174 valence electrons. The van der Waals surface area contributed by atoms with Crippen molar-refractivity contribution in [3.05, 3.63) is 52.6 Å². The van der Waals surface area contributed by atoms with Gasteiger partial charge in [-0.25, -0.2) is 0 Å². The van der Waals surface area contributed by atoms with Gasteiger partial charge in [0.15, 0.2) is 0 Å². The van der Waals surface area contributed by atoms with Crippen molar-refractivity contribution < 1.29 is 27.4 Å². The van der Waals surface area contributed by atoms with Crippen molar-refractivity contribution in [2.24, 2.45) is 5.92 Å². The van der Waals surface area contributed by atoms with Gasteiger partial charge in [0.1, 0.15) is 11.4 Å². The Balaban J connectivity index is 1.57. The molecule has 1 N–H and O–H groups in total. The highest BCUT2D eigenvalue weighted by Crippen LogP contribution is 2.35. The first kappa shape index (κ1) is 22.6. The Kier molecular flexibility index (Phi) is 6.47. The first-order chi connectivity index (χ1) is 15.8. The minimum absolute atomic E-state index is 0.0231. The third-order valence-corrected chi connectivity index (χ3v) is 5.53. The molecule has 1 aliphatic carbocycles. The molecule has 0 unspecified atom stereocenters. The Morgan fingerprint density at radius 3 is 2.64 bits per heavy atom. The molecule has 1 saturated carbocycles. The van der Waals surface area contributed by atoms with Gasteiger partial charge in [-0.2, -0.15) is 4.98 Å². The van der Waals surface area contributed by atoms with Crippen molar-refractivity contribution in [3.8, 4) is 28.6 Å². The molecule has 0 amide bonds. The minimum Gasteiger partial charge on any atom is -0.405 e. The molecule has 0 saturated heterocycles. The summed E-state index contributed by atoms with van der Waals surface area (Å²) in [7, 11) is 0. The van der Waals surface area contributed by atoms with Crippen LogP contribution >= 0.6 is 0 Å². The van der Waals surface area contributed by atoms with Gasteiger partial charge < -0.3 is 14.6 Å². The van der Waals surface area contributed by atoms with E-state index in [0.717, 1.165) is 18.9 Å². The number of para-hydroxylation sites is 1. The third kappa shape index (κ3) is 5.60. The fraction of sp³-hybridized carbons (Fsp3) is 0.364. The molecule has 8 nitrogen and oxygen atoms in total. The van der Waals surface area contributed by atoms with Gasteiger partial charge in [0, 0.05) is 18.2 Å². The lowest BCUT2D eigenvalue weighted by molar-refractivity contribution is -0.383. The number of anilines is 1. The van der Waals surface area contributed by atoms with Crippen LogP contribution in [-0.4, -0.2) is 28.0 Å². The topological polar surface area (TPSA) is 103 Å². The van der Waals surface area contributed by atoms with Gasteiger partial charge in [0.2, 0.25) is 5.82 Å². The van der Waals surface area contributed by atoms with Crippen molar-refractivity contribution in [2.45, 2.75) is 38.5 Å². The van der Waals surface area contributed by atoms with E-state index in [-0.39, 0.29) is 28.5 Å². The molecule has 3 aromatic rings. The summed E-state index contributed by atoms with van der Waals surface area (Å²) in [4.78, 5) is 15.3. The lowest BCUT2D eigenvalue weighted by Gasteiger charge is -2.22. The molecule has 1 heterocycles. The molecule has 1 fully saturated rings. The molecule has 33 heavy (non-hydrogen) atoms. The maximum atomic E-state index is 12.7. The van der Waals surface area contributed by atoms with Gasteiger partial charge >= 0.3 is 6.36 Å². The van der Waals surface area contributed by atoms with Gasteiger partial charge in [0.25, 0.3) is 11.6 Å². The number of rotatable bonds is 7. The lowest BCUT2D eigenvalue weighted by Crippen LogP contribution is -2.17. The van der Waals surface area contributed by atoms with E-state index in [4.69, 9.17) is 4.52 Å². The number of nitro groups is 1. The van der Waals surface area contributed by atoms with Crippen LogP contribution in [0.2, 0.25) is 0 Å². The van der Waals surface area contributed by atoms with E-state index < -0.39 is 17.0 Å². The molecule has 0 atom stereocenters. The Labute approximate surface area is 186 Å². The summed E-state index contributed by atoms with van der Waals surface area (Å²) in [6, 6.07) is 9.85. The molecule has 0 aliphatic heterocycles. The van der Waals surface area contributed by atoms with Crippen LogP contribution in [-0.2, 0) is 0 Å². The largest absolute Gasteiger partial charge is 0.573 e. The normalized spacial score (nSPS) is 14.8. The Morgan fingerprint density at radius 2 is 1.91 bits per heavy atom. The number of nitrogens with one attached hydrogen (secondary N) is 1. The fourth-order valence-corrected chi connectivity index (χ4v) is 3.93. The van der Waals surface area contributed by atoms with Gasteiger partial charge in [0.05, 0.1) is 10.5 Å². The molecule has 0 bridgehead atoms. The minimum atomic E-state index is -4.89. The van der Waals surface area contributed by atoms with Gasteiger partial charge in [-0.1, -0.05) is 36.6 Å². The van der Waals surface area contributed by atoms with Crippen LogP contribution in [0.3, 0.4) is 0 Å². The number of alkyl halides is 3. The number of hydrogen-bond acceptors (Lipinski definition) is 7. The number of halogens is 3. The van der Waals surface area contributed by atoms with Gasteiger partial charge in [-0.3, -0.25) is 10.1 Å². The summed E-state index contributed by atoms with van der Waals surface area (Å²) in [5.74, 6) is -0.193. The summed E-state index contributed by atoms with van der Waals surface area (Å²) in [6.07, 6.45) is 0.883. The maximum Gasteiger partial charge on any atom is 0.573 e. The SMILES string of the molecule is O=[N+]([O-])c1cc(-c2nc(-c3ccccc3OC(F)(F)F)no2)ccc1NCC1CCCCC1. The Hall–Kier alpha value is -3.63. The molecular formula is C22H21F3N4O4. The molecule has 0 spiro atoms. The van der Waals surface area contributed by atoms with E-state index in [0.29, 0.717) is 18.2 Å². The second kappa shape index (κ2) is 9.47. The fourth-order valence-electron chi connectivity index (χ4n) is 3.93. The van der Waals surface area contributed by atoms with Crippen molar-refractivity contribution >= 4 is 11.4 Å². The zero-order valence-corrected chi connectivity index (χ0v) is 17.5. The second-order valence-electron chi connectivity index (χ2n) is 7.84. The number of hydrogen-bond donors (Lipinski definition) is 1. The van der Waals surface area contributed by atoms with Crippen LogP contribution in [0.15, 0.2) is 47.0 Å². The van der Waals surface area contributed by atoms with Crippen molar-refractivity contribution in [2.75, 3.05) is 11.9 Å². The average molecular weight is 462 g/mol. The van der Waals surface area contributed by atoms with Crippen LogP contribution in [0, 0.1) is 16.0 Å². The summed E-state index contributed by atoms with van der Waals surface area (Å²) in [5.41, 5.74) is 0.491. The maximum absolute atomic E-state index is 12.7. The molecule has 1 aromatic heterocycles. The quantitative estimate of drug-likeness (QED) is 0.329. The molecule has 4 rings (SSSR count). The van der Waals surface area contributed by atoms with Crippen LogP contribution < -0.4 is 10.1 Å². The summed E-state index contributed by atoms with van der Waals surface area (Å²) >= 11 is 0. The van der Waals surface area contributed by atoms with Crippen LogP contribution in [0.5, 0.6) is 5.75 Å². The lowest BCUT2D eigenvalue weighted by atomic mass is 9.89. The van der Waals surface area contributed by atoms with Gasteiger partial charge in [-0.05, 0) is 43.0 Å². The predicted octanol–water partition coefficient (Wildman–Crippen LogP) is 6.20. The highest BCUT2D eigenvalue weighted by Gasteiger charge is 2.32. The zero-order valence-electron chi connectivity index (χ0n) is 17.5. The molecule has 0 radical (unpaired) electrons. The average Bonchev–Trinajstić information content (AvgIpc) is 3.27. The highest BCUT2D eigenvalue weighted by molar-refractivity contribution is 5.71. The number of nitro benzene ring substituents is 1. The van der Waals surface area contributed by atoms with E-state index in [1.807, 2.05) is 0 Å². The number of ether oxygens (including phenoxy) is 1. The highest BCUT2D eigenvalue weighted by atomic mass is 19.4. The van der Waals surface area contributed by atoms with E-state index in [1.54, 1.807) is 12.1 Å². The Bertz CT molecular complexity index is 1130. The summed E-state index contributed by atoms with van der Waals surface area (Å²) < 4.78 is 47.3. The molecular weight excluding hydrogens is 441 g/mol. The zero-order chi connectivity index (χ0) is 23.4. The standard InChI is InChI=1S/C22H21F3N4O4/c23-22(24,25)32-19-9-5-4-8-16(19)20-27-21(33-28-20)15-10-11-17(18(12-15)29(30)31)26-13-14-6-2-1-3-7-14/h4-5,8-12,14,26H,1-3,6-7,13H2. The van der Waals surface area contributed by atoms with E-state index in [9.17, 15) is 23.3 Å². The van der Waals surface area contributed by atoms with Crippen LogP contribution in [0.25, 0.3) is 22.8 Å². The monoisotopic (exact) mass is 462 g/mol. The predicted molar refractivity (Wildman–Crippen MR) is 114 cm³/mol. The first-order valence-corrected chi connectivity index (χ1v) is 10.5.